The van der Waals surface area contributed by atoms with Crippen molar-refractivity contribution in [2.45, 2.75) is 19.9 Å². The van der Waals surface area contributed by atoms with Gasteiger partial charge >= 0.3 is 0 Å². The van der Waals surface area contributed by atoms with Gasteiger partial charge < -0.3 is 5.32 Å². The van der Waals surface area contributed by atoms with Crippen LogP contribution in [-0.4, -0.2) is 39.3 Å². The fraction of sp³-hybridized carbons (Fsp3) is 0.150. The van der Waals surface area contributed by atoms with Crippen LogP contribution in [0.2, 0.25) is 5.02 Å². The van der Waals surface area contributed by atoms with Gasteiger partial charge in [0, 0.05) is 30.0 Å². The van der Waals surface area contributed by atoms with Gasteiger partial charge in [-0.3, -0.25) is 14.5 Å². The maximum absolute atomic E-state index is 12.3. The summed E-state index contributed by atoms with van der Waals surface area (Å²) < 4.78 is 3.37. The van der Waals surface area contributed by atoms with Gasteiger partial charge in [0.05, 0.1) is 28.5 Å². The van der Waals surface area contributed by atoms with Gasteiger partial charge in [-0.25, -0.2) is 15.0 Å². The highest BCUT2D eigenvalue weighted by Gasteiger charge is 2.18. The Morgan fingerprint density at radius 1 is 1.13 bits per heavy atom. The Hall–Kier alpha value is -3.92. The lowest BCUT2D eigenvalue weighted by molar-refractivity contribution is 0.532. The van der Waals surface area contributed by atoms with Gasteiger partial charge in [-0.2, -0.15) is 9.61 Å². The summed E-state index contributed by atoms with van der Waals surface area (Å²) in [6.45, 7) is 4.08. The summed E-state index contributed by atoms with van der Waals surface area (Å²) in [7, 11) is 0. The zero-order chi connectivity index (χ0) is 21.5. The summed E-state index contributed by atoms with van der Waals surface area (Å²) in [4.78, 5) is 29.4. The van der Waals surface area contributed by atoms with Crippen LogP contribution in [0.5, 0.6) is 0 Å². The van der Waals surface area contributed by atoms with Crippen LogP contribution in [0.1, 0.15) is 19.9 Å². The highest BCUT2D eigenvalue weighted by molar-refractivity contribution is 6.35. The average Bonchev–Trinajstić information content (AvgIpc) is 3.36. The van der Waals surface area contributed by atoms with Crippen molar-refractivity contribution < 1.29 is 0 Å². The van der Waals surface area contributed by atoms with Crippen molar-refractivity contribution in [3.05, 3.63) is 64.6 Å². The van der Waals surface area contributed by atoms with E-state index in [2.05, 4.69) is 30.5 Å². The number of aromatic nitrogens is 8. The van der Waals surface area contributed by atoms with E-state index in [9.17, 15) is 4.79 Å². The molecular formula is C20H16ClN9O. The molecule has 4 heterocycles. The molecule has 0 unspecified atom stereocenters. The lowest BCUT2D eigenvalue weighted by Gasteiger charge is -2.08. The predicted octanol–water partition coefficient (Wildman–Crippen LogP) is 3.27. The van der Waals surface area contributed by atoms with E-state index in [0.29, 0.717) is 22.0 Å². The minimum atomic E-state index is -0.481. The molecular weight excluding hydrogens is 418 g/mol. The molecule has 0 saturated heterocycles. The number of hydrogen-bond donors (Lipinski definition) is 1. The van der Waals surface area contributed by atoms with E-state index in [-0.39, 0.29) is 17.7 Å². The van der Waals surface area contributed by atoms with Gasteiger partial charge in [-0.05, 0) is 26.0 Å². The molecule has 0 atom stereocenters. The number of anilines is 2. The summed E-state index contributed by atoms with van der Waals surface area (Å²) in [6, 6.07) is 5.64. The Morgan fingerprint density at radius 3 is 2.81 bits per heavy atom. The first kappa shape index (κ1) is 19.1. The van der Waals surface area contributed by atoms with E-state index in [1.807, 2.05) is 36.9 Å². The van der Waals surface area contributed by atoms with Crippen LogP contribution < -0.4 is 10.9 Å². The van der Waals surface area contributed by atoms with Crippen LogP contribution in [0.25, 0.3) is 27.9 Å². The van der Waals surface area contributed by atoms with Gasteiger partial charge in [-0.15, -0.1) is 5.10 Å². The first-order valence-electron chi connectivity index (χ1n) is 9.48. The third-order valence-electron chi connectivity index (χ3n) is 4.67. The van der Waals surface area contributed by atoms with Crippen molar-refractivity contribution in [1.29, 1.82) is 0 Å². The van der Waals surface area contributed by atoms with E-state index < -0.39 is 5.56 Å². The average molecular weight is 434 g/mol. The second kappa shape index (κ2) is 7.40. The Kier molecular flexibility index (Phi) is 4.55. The smallest absolute Gasteiger partial charge is 0.295 e. The van der Waals surface area contributed by atoms with E-state index in [1.54, 1.807) is 12.3 Å². The molecule has 4 aromatic heterocycles. The molecule has 5 aromatic rings. The van der Waals surface area contributed by atoms with Gasteiger partial charge in [-0.1, -0.05) is 17.7 Å². The molecule has 0 saturated carbocycles. The Labute approximate surface area is 180 Å². The number of fused-ring (bicyclic) bond motifs is 3. The molecule has 31 heavy (non-hydrogen) atoms. The first-order chi connectivity index (χ1) is 15.0. The van der Waals surface area contributed by atoms with Gasteiger partial charge in [0.2, 0.25) is 5.95 Å². The van der Waals surface area contributed by atoms with Gasteiger partial charge in [0.1, 0.15) is 5.69 Å². The second-order valence-electron chi connectivity index (χ2n) is 7.09. The number of benzene rings is 1. The van der Waals surface area contributed by atoms with Crippen LogP contribution in [0, 0.1) is 0 Å². The van der Waals surface area contributed by atoms with Crippen molar-refractivity contribution in [1.82, 2.24) is 39.3 Å². The number of hydrogen-bond acceptors (Lipinski definition) is 8. The topological polar surface area (TPSA) is 116 Å². The van der Waals surface area contributed by atoms with Crippen molar-refractivity contribution in [2.24, 2.45) is 0 Å². The number of rotatable bonds is 4. The fourth-order valence-corrected chi connectivity index (χ4v) is 3.34. The summed E-state index contributed by atoms with van der Waals surface area (Å²) >= 11 is 6.40. The van der Waals surface area contributed by atoms with Crippen LogP contribution in [0.15, 0.2) is 54.0 Å². The van der Waals surface area contributed by atoms with Crippen LogP contribution >= 0.6 is 11.6 Å². The Balaban J connectivity index is 1.75. The molecule has 0 aliphatic carbocycles. The highest BCUT2D eigenvalue weighted by atomic mass is 35.5. The molecule has 5 rings (SSSR count). The fourth-order valence-electron chi connectivity index (χ4n) is 3.12. The third-order valence-corrected chi connectivity index (χ3v) is 4.97. The number of nitrogens with zero attached hydrogens (tertiary/aromatic N) is 8. The Bertz CT molecular complexity index is 1490. The minimum Gasteiger partial charge on any atom is -0.318 e. The van der Waals surface area contributed by atoms with Crippen molar-refractivity contribution in [3.63, 3.8) is 0 Å². The molecule has 0 radical (unpaired) electrons. The largest absolute Gasteiger partial charge is 0.318 e. The third kappa shape index (κ3) is 3.36. The monoisotopic (exact) mass is 433 g/mol. The zero-order valence-corrected chi connectivity index (χ0v) is 17.3. The number of nitrogens with one attached hydrogen (secondary N) is 1. The first-order valence-corrected chi connectivity index (χ1v) is 9.86. The van der Waals surface area contributed by atoms with E-state index in [4.69, 9.17) is 16.6 Å². The molecule has 1 N–H and O–H groups in total. The van der Waals surface area contributed by atoms with Gasteiger partial charge in [0.25, 0.3) is 5.56 Å². The van der Waals surface area contributed by atoms with Crippen LogP contribution in [0.4, 0.5) is 11.6 Å². The van der Waals surface area contributed by atoms with E-state index >= 15 is 0 Å². The van der Waals surface area contributed by atoms with Gasteiger partial charge in [0.15, 0.2) is 11.5 Å². The van der Waals surface area contributed by atoms with Crippen molar-refractivity contribution in [3.8, 4) is 11.4 Å². The molecule has 0 spiro atoms. The number of halogens is 1. The lowest BCUT2D eigenvalue weighted by atomic mass is 10.2. The minimum absolute atomic E-state index is 0.148. The molecule has 11 heteroatoms. The van der Waals surface area contributed by atoms with Crippen LogP contribution in [0.3, 0.4) is 0 Å². The summed E-state index contributed by atoms with van der Waals surface area (Å²) in [5.41, 5.74) is 1.50. The maximum Gasteiger partial charge on any atom is 0.295 e. The van der Waals surface area contributed by atoms with Crippen LogP contribution in [-0.2, 0) is 0 Å². The highest BCUT2D eigenvalue weighted by Crippen LogP contribution is 2.29. The molecule has 10 nitrogen and oxygen atoms in total. The Morgan fingerprint density at radius 2 is 2.00 bits per heavy atom. The maximum atomic E-state index is 12.3. The molecule has 0 fully saturated rings. The summed E-state index contributed by atoms with van der Waals surface area (Å²) in [5.74, 6) is 0.735. The normalized spacial score (nSPS) is 11.5. The SMILES string of the molecule is CC(C)n1cc(-c2nc3c4cccc(Cl)c4nc(Nc4cnccnc4=O)n3n2)cn1. The molecule has 0 aliphatic rings. The molecule has 1 aromatic carbocycles. The zero-order valence-electron chi connectivity index (χ0n) is 16.6. The molecule has 154 valence electrons. The van der Waals surface area contributed by atoms with Crippen molar-refractivity contribution in [2.75, 3.05) is 5.32 Å². The number of para-hydroxylation sites is 1. The quantitative estimate of drug-likeness (QED) is 0.459. The molecule has 0 aliphatic heterocycles. The molecule has 0 bridgehead atoms. The van der Waals surface area contributed by atoms with E-state index in [0.717, 1.165) is 10.9 Å². The summed E-state index contributed by atoms with van der Waals surface area (Å²) in [5, 5.41) is 13.1. The predicted molar refractivity (Wildman–Crippen MR) is 116 cm³/mol. The lowest BCUT2D eigenvalue weighted by Crippen LogP contribution is -2.12. The van der Waals surface area contributed by atoms with Crippen molar-refractivity contribution >= 4 is 39.8 Å². The summed E-state index contributed by atoms with van der Waals surface area (Å²) in [6.07, 6.45) is 7.73. The van der Waals surface area contributed by atoms with E-state index in [1.165, 1.54) is 23.1 Å². The standard InChI is InChI=1S/C20H16ClN9O/c1-11(2)29-10-12(8-24-29)17-27-18-13-4-3-5-14(21)16(13)26-20(30(18)28-17)25-15-9-22-6-7-23-19(15)31/h3-11H,1-2H3,(H,23,25,26,31). The molecule has 0 amide bonds. The second-order valence-corrected chi connectivity index (χ2v) is 7.50.